The molecule has 2 heterocycles. The second-order valence-corrected chi connectivity index (χ2v) is 9.26. The number of hydrogen-bond acceptors (Lipinski definition) is 6. The van der Waals surface area contributed by atoms with E-state index in [0.717, 1.165) is 43.5 Å². The van der Waals surface area contributed by atoms with Crippen LogP contribution in [0.3, 0.4) is 0 Å². The van der Waals surface area contributed by atoms with Gasteiger partial charge in [0.15, 0.2) is 0 Å². The molecule has 0 radical (unpaired) electrons. The fraction of sp³-hybridized carbons (Fsp3) is 0.520. The van der Waals surface area contributed by atoms with E-state index in [0.29, 0.717) is 12.1 Å². The van der Waals surface area contributed by atoms with Crippen molar-refractivity contribution in [3.8, 4) is 5.75 Å². The third-order valence-electron chi connectivity index (χ3n) is 5.94. The fourth-order valence-electron chi connectivity index (χ4n) is 4.14. The van der Waals surface area contributed by atoms with Gasteiger partial charge in [0.05, 0.1) is 18.7 Å². The Morgan fingerprint density at radius 2 is 1.88 bits per heavy atom. The van der Waals surface area contributed by atoms with Crippen LogP contribution >= 0.6 is 0 Å². The molecule has 1 amide bonds. The third kappa shape index (κ3) is 6.76. The van der Waals surface area contributed by atoms with Crippen LogP contribution in [0.4, 0.5) is 0 Å². The van der Waals surface area contributed by atoms with Crippen molar-refractivity contribution >= 4 is 5.91 Å². The number of aromatic nitrogens is 1. The van der Waals surface area contributed by atoms with Crippen LogP contribution in [0.15, 0.2) is 36.4 Å². The van der Waals surface area contributed by atoms with Gasteiger partial charge in [-0.15, -0.1) is 0 Å². The fourth-order valence-corrected chi connectivity index (χ4v) is 4.14. The molecule has 0 saturated carbocycles. The predicted octanol–water partition coefficient (Wildman–Crippen LogP) is 2.48. The van der Waals surface area contributed by atoms with E-state index < -0.39 is 6.10 Å². The Kier molecular flexibility index (Phi) is 8.23. The van der Waals surface area contributed by atoms with Gasteiger partial charge in [0.1, 0.15) is 17.5 Å². The summed E-state index contributed by atoms with van der Waals surface area (Å²) in [5, 5.41) is 32.8. The van der Waals surface area contributed by atoms with Gasteiger partial charge < -0.3 is 25.5 Å². The standard InChI is InChI=1S/C25H35N3O4/c1-25(2,26-16-23(31)20-9-10-22(30)21(17-29)27-20)15-19-8-6-7-18(13-19)14-24(32)28-11-4-3-5-12-28/h6-10,13,23,26,29-31H,3-5,11-12,14-17H2,1-2H3. The van der Waals surface area contributed by atoms with Gasteiger partial charge in [0, 0.05) is 25.2 Å². The molecule has 1 fully saturated rings. The summed E-state index contributed by atoms with van der Waals surface area (Å²) in [5.74, 6) is 0.112. The molecule has 0 aliphatic carbocycles. The Hall–Kier alpha value is -2.48. The van der Waals surface area contributed by atoms with Crippen LogP contribution in [0.25, 0.3) is 0 Å². The number of benzene rings is 1. The topological polar surface area (TPSA) is 106 Å². The number of likely N-dealkylation sites (tertiary alicyclic amines) is 1. The maximum absolute atomic E-state index is 12.6. The number of aliphatic hydroxyl groups is 2. The number of pyridine rings is 1. The molecule has 32 heavy (non-hydrogen) atoms. The number of nitrogens with one attached hydrogen (secondary N) is 1. The molecule has 3 rings (SSSR count). The second kappa shape index (κ2) is 10.9. The van der Waals surface area contributed by atoms with Crippen molar-refractivity contribution in [2.45, 2.75) is 64.2 Å². The minimum atomic E-state index is -0.867. The number of nitrogens with zero attached hydrogens (tertiary/aromatic N) is 2. The Morgan fingerprint density at radius 1 is 1.16 bits per heavy atom. The average Bonchev–Trinajstić information content (AvgIpc) is 2.78. The number of carbonyl (C=O) groups excluding carboxylic acids is 1. The summed E-state index contributed by atoms with van der Waals surface area (Å²) < 4.78 is 0. The van der Waals surface area contributed by atoms with Crippen LogP contribution in [0.2, 0.25) is 0 Å². The van der Waals surface area contributed by atoms with E-state index in [4.69, 9.17) is 0 Å². The van der Waals surface area contributed by atoms with Gasteiger partial charge >= 0.3 is 0 Å². The number of β-amino-alcohol motifs (C(OH)–C–C–N with tert-alkyl or cyclic N) is 1. The van der Waals surface area contributed by atoms with Crippen LogP contribution in [-0.4, -0.2) is 56.3 Å². The second-order valence-electron chi connectivity index (χ2n) is 9.26. The third-order valence-corrected chi connectivity index (χ3v) is 5.94. The summed E-state index contributed by atoms with van der Waals surface area (Å²) >= 11 is 0. The van der Waals surface area contributed by atoms with E-state index in [2.05, 4.69) is 36.3 Å². The summed E-state index contributed by atoms with van der Waals surface area (Å²) in [5.41, 5.74) is 2.41. The molecule has 1 aliphatic rings. The van der Waals surface area contributed by atoms with Gasteiger partial charge in [0.2, 0.25) is 5.91 Å². The van der Waals surface area contributed by atoms with Crippen molar-refractivity contribution in [3.05, 3.63) is 58.9 Å². The molecule has 1 aromatic heterocycles. The maximum atomic E-state index is 12.6. The summed E-state index contributed by atoms with van der Waals surface area (Å²) in [6.07, 6.45) is 3.70. The molecular weight excluding hydrogens is 406 g/mol. The van der Waals surface area contributed by atoms with Crippen LogP contribution in [0.5, 0.6) is 5.75 Å². The number of carbonyl (C=O) groups is 1. The SMILES string of the molecule is CC(C)(Cc1cccc(CC(=O)N2CCCCC2)c1)NCC(O)c1ccc(O)c(CO)n1. The largest absolute Gasteiger partial charge is 0.506 e. The molecule has 174 valence electrons. The number of rotatable bonds is 9. The minimum Gasteiger partial charge on any atom is -0.506 e. The molecule has 1 saturated heterocycles. The Bertz CT molecular complexity index is 910. The van der Waals surface area contributed by atoms with E-state index in [1.54, 1.807) is 6.07 Å². The lowest BCUT2D eigenvalue weighted by Gasteiger charge is -2.28. The number of piperidine rings is 1. The highest BCUT2D eigenvalue weighted by Crippen LogP contribution is 2.20. The van der Waals surface area contributed by atoms with E-state index >= 15 is 0 Å². The van der Waals surface area contributed by atoms with Gasteiger partial charge in [-0.2, -0.15) is 0 Å². The Morgan fingerprint density at radius 3 is 2.59 bits per heavy atom. The molecule has 1 atom stereocenters. The number of aliphatic hydroxyl groups excluding tert-OH is 2. The van der Waals surface area contributed by atoms with Gasteiger partial charge in [-0.3, -0.25) is 4.79 Å². The number of hydrogen-bond donors (Lipinski definition) is 4. The summed E-state index contributed by atoms with van der Waals surface area (Å²) in [7, 11) is 0. The van der Waals surface area contributed by atoms with Crippen LogP contribution < -0.4 is 5.32 Å². The van der Waals surface area contributed by atoms with E-state index in [9.17, 15) is 20.1 Å². The lowest BCUT2D eigenvalue weighted by atomic mass is 9.93. The first-order valence-electron chi connectivity index (χ1n) is 11.4. The lowest BCUT2D eigenvalue weighted by Crippen LogP contribution is -2.43. The summed E-state index contributed by atoms with van der Waals surface area (Å²) in [4.78, 5) is 18.7. The molecule has 7 heteroatoms. The van der Waals surface area contributed by atoms with Gasteiger partial charge in [0.25, 0.3) is 0 Å². The van der Waals surface area contributed by atoms with Crippen molar-refractivity contribution in [2.24, 2.45) is 0 Å². The van der Waals surface area contributed by atoms with Crippen molar-refractivity contribution in [3.63, 3.8) is 0 Å². The smallest absolute Gasteiger partial charge is 0.226 e. The van der Waals surface area contributed by atoms with Gasteiger partial charge in [-0.1, -0.05) is 24.3 Å². The zero-order chi connectivity index (χ0) is 23.1. The molecule has 0 spiro atoms. The average molecular weight is 442 g/mol. The quantitative estimate of drug-likeness (QED) is 0.476. The Labute approximate surface area is 190 Å². The first-order chi connectivity index (χ1) is 15.3. The minimum absolute atomic E-state index is 0.0876. The monoisotopic (exact) mass is 441 g/mol. The Balaban J connectivity index is 1.56. The highest BCUT2D eigenvalue weighted by molar-refractivity contribution is 5.78. The molecule has 7 nitrogen and oxygen atoms in total. The molecule has 1 unspecified atom stereocenters. The lowest BCUT2D eigenvalue weighted by molar-refractivity contribution is -0.131. The van der Waals surface area contributed by atoms with Crippen LogP contribution in [0, 0.1) is 0 Å². The van der Waals surface area contributed by atoms with E-state index in [1.807, 2.05) is 17.0 Å². The predicted molar refractivity (Wildman–Crippen MR) is 123 cm³/mol. The molecule has 2 aromatic rings. The molecular formula is C25H35N3O4. The maximum Gasteiger partial charge on any atom is 0.226 e. The first-order valence-corrected chi connectivity index (χ1v) is 11.4. The normalized spacial score (nSPS) is 15.6. The van der Waals surface area contributed by atoms with Crippen molar-refractivity contribution in [2.75, 3.05) is 19.6 Å². The van der Waals surface area contributed by atoms with Gasteiger partial charge in [-0.05, 0) is 62.8 Å². The van der Waals surface area contributed by atoms with Crippen LogP contribution in [-0.2, 0) is 24.2 Å². The molecule has 0 bridgehead atoms. The van der Waals surface area contributed by atoms with Crippen molar-refractivity contribution < 1.29 is 20.1 Å². The zero-order valence-corrected chi connectivity index (χ0v) is 19.0. The van der Waals surface area contributed by atoms with Crippen LogP contribution in [0.1, 0.15) is 61.7 Å². The van der Waals surface area contributed by atoms with E-state index in [-0.39, 0.29) is 36.0 Å². The number of aromatic hydroxyl groups is 1. The van der Waals surface area contributed by atoms with Crippen molar-refractivity contribution in [1.29, 1.82) is 0 Å². The summed E-state index contributed by atoms with van der Waals surface area (Å²) in [6.45, 7) is 5.76. The van der Waals surface area contributed by atoms with Gasteiger partial charge in [-0.25, -0.2) is 4.98 Å². The highest BCUT2D eigenvalue weighted by atomic mass is 16.3. The first kappa shape index (κ1) is 24.2. The zero-order valence-electron chi connectivity index (χ0n) is 19.0. The molecule has 1 aliphatic heterocycles. The van der Waals surface area contributed by atoms with E-state index in [1.165, 1.54) is 12.5 Å². The molecule has 4 N–H and O–H groups in total. The highest BCUT2D eigenvalue weighted by Gasteiger charge is 2.22. The number of amides is 1. The molecule has 1 aromatic carbocycles. The summed E-state index contributed by atoms with van der Waals surface area (Å²) in [6, 6.07) is 11.1. The van der Waals surface area contributed by atoms with Crippen molar-refractivity contribution in [1.82, 2.24) is 15.2 Å².